The average molecular weight is 2000 g/mol. The molecule has 0 saturated carbocycles. The molecule has 0 bridgehead atoms. The Balaban J connectivity index is -0.000000189. The van der Waals surface area contributed by atoms with Crippen LogP contribution in [-0.2, 0) is 130 Å². The summed E-state index contributed by atoms with van der Waals surface area (Å²) in [4.78, 5) is 185. The second kappa shape index (κ2) is 83.7. The first-order chi connectivity index (χ1) is 62.0. The van der Waals surface area contributed by atoms with Gasteiger partial charge in [0.2, 0.25) is 0 Å². The monoisotopic (exact) mass is 2000 g/mol. The van der Waals surface area contributed by atoms with Gasteiger partial charge in [0.15, 0.2) is 12.6 Å². The lowest BCUT2D eigenvalue weighted by Gasteiger charge is -2.32. The van der Waals surface area contributed by atoms with Crippen LogP contribution in [0.3, 0.4) is 0 Å². The molecule has 42 heteroatoms. The van der Waals surface area contributed by atoms with Crippen LogP contribution in [0.2, 0.25) is 0 Å². The van der Waals surface area contributed by atoms with Crippen LogP contribution in [0.1, 0.15) is 290 Å². The zero-order valence-electron chi connectivity index (χ0n) is 89.3. The zero-order chi connectivity index (χ0) is 109. The third-order valence-electron chi connectivity index (χ3n) is 16.3. The van der Waals surface area contributed by atoms with E-state index < -0.39 is 45.8 Å². The van der Waals surface area contributed by atoms with E-state index in [0.29, 0.717) is 12.1 Å². The van der Waals surface area contributed by atoms with Crippen molar-refractivity contribution >= 4 is 92.5 Å². The van der Waals surface area contributed by atoms with E-state index in [1.165, 1.54) is 5.56 Å². The number of carbonyl (C=O) groups is 13. The average Bonchev–Trinajstić information content (AvgIpc) is 0.868. The number of ether oxygens (including phenoxy) is 10. The lowest BCUT2D eigenvalue weighted by molar-refractivity contribution is -0.156. The number of nitrogens with zero attached hydrogens (tertiary/aromatic N) is 3. The van der Waals surface area contributed by atoms with E-state index in [1.54, 1.807) is 102 Å². The molecule has 0 aliphatic carbocycles. The maximum atomic E-state index is 12.0. The fourth-order valence-corrected chi connectivity index (χ4v) is 10.0. The maximum absolute atomic E-state index is 12.0. The van der Waals surface area contributed by atoms with Gasteiger partial charge in [-0.25, -0.2) is 13.9 Å². The summed E-state index contributed by atoms with van der Waals surface area (Å²) >= 11 is 0. The quantitative estimate of drug-likeness (QED) is 0.0126. The van der Waals surface area contributed by atoms with Crippen LogP contribution in [-0.4, -0.2) is 277 Å². The first kappa shape index (κ1) is 147. The number of hydrogen-bond donors (Lipinski definition) is 10. The number of ketones is 4. The van der Waals surface area contributed by atoms with Gasteiger partial charge in [-0.2, -0.15) is 0 Å². The molecule has 1 aliphatic rings. The lowest BCUT2D eigenvalue weighted by Crippen LogP contribution is -2.43. The molecule has 2 rings (SSSR count). The summed E-state index contributed by atoms with van der Waals surface area (Å²) in [7, 11) is -2.75. The highest BCUT2D eigenvalue weighted by Gasteiger charge is 2.31. The number of benzene rings is 1. The van der Waals surface area contributed by atoms with Crippen molar-refractivity contribution < 1.29 is 147 Å². The first-order valence-electron chi connectivity index (χ1n) is 46.5. The Morgan fingerprint density at radius 2 is 0.743 bits per heavy atom. The first-order valence-corrected chi connectivity index (χ1v) is 49.5. The molecule has 1 fully saturated rings. The molecule has 1 heterocycles. The second-order valence-corrected chi connectivity index (χ2v) is 39.3. The molecule has 1 aromatic rings. The SMILES string of the molecule is CC(C)OC(=O)C(C)C.CC(C)OC(=O)CCC(=O)CN.CC(C)OC(=O)CCC(=O)[C@@H](N)C(C)C.CC(C)OC(=O)CN.CC(C)OC(=O)CN(C)C.CC(C)OC(=O)[C@@H](CC(=O)CN)C(C)C.CC(C)OC(=O)[C@@H](CC(=O)[C@@H](N)C(C)C)C(C)C.CC(C)OC(=O)[C@@H](N)C(C)C.CC(C)OC(=O)c1cccc(CN2CCN(C)CC2)c1.CC(C)OCOP(=O)(O)O.CC(C)OP(=O)(O)O. The number of phosphoric acid groups is 2. The van der Waals surface area contributed by atoms with Gasteiger partial charge in [0, 0.05) is 58.4 Å². The smallest absolute Gasteiger partial charge is 0.463 e. The summed E-state index contributed by atoms with van der Waals surface area (Å²) < 4.78 is 77.2. The number of esters is 9. The Morgan fingerprint density at radius 3 is 1.05 bits per heavy atom. The van der Waals surface area contributed by atoms with Crippen molar-refractivity contribution in [3.63, 3.8) is 0 Å². The minimum atomic E-state index is -4.35. The Kier molecular flexibility index (Phi) is 90.3. The van der Waals surface area contributed by atoms with Crippen molar-refractivity contribution in [1.29, 1.82) is 0 Å². The Morgan fingerprint density at radius 1 is 0.382 bits per heavy atom. The predicted molar refractivity (Wildman–Crippen MR) is 525 cm³/mol. The largest absolute Gasteiger partial charge is 0.471 e. The molecule has 0 amide bonds. The van der Waals surface area contributed by atoms with Crippen molar-refractivity contribution in [3.05, 3.63) is 35.4 Å². The van der Waals surface area contributed by atoms with Crippen molar-refractivity contribution in [3.8, 4) is 0 Å². The van der Waals surface area contributed by atoms with Gasteiger partial charge in [0.1, 0.15) is 23.4 Å². The van der Waals surface area contributed by atoms with Crippen molar-refractivity contribution in [2.75, 3.05) is 80.3 Å². The van der Waals surface area contributed by atoms with E-state index >= 15 is 0 Å². The van der Waals surface area contributed by atoms with Gasteiger partial charge in [-0.15, -0.1) is 0 Å². The molecule has 1 saturated heterocycles. The predicted octanol–water partition coefficient (Wildman–Crippen LogP) is 10.7. The van der Waals surface area contributed by atoms with Crippen LogP contribution in [0.15, 0.2) is 24.3 Å². The lowest BCUT2D eigenvalue weighted by atomic mass is 9.87. The fraction of sp³-hybridized carbons (Fsp3) is 0.798. The van der Waals surface area contributed by atoms with E-state index in [-0.39, 0.29) is 244 Å². The van der Waals surface area contributed by atoms with Gasteiger partial charge >= 0.3 is 69.4 Å². The van der Waals surface area contributed by atoms with Gasteiger partial charge in [-0.1, -0.05) is 95.2 Å². The summed E-state index contributed by atoms with van der Waals surface area (Å²) in [6.07, 6.45) is -0.311. The van der Waals surface area contributed by atoms with Gasteiger partial charge in [-0.05, 0) is 221 Å². The maximum Gasteiger partial charge on any atom is 0.471 e. The Labute approximate surface area is 814 Å². The van der Waals surface area contributed by atoms with Crippen LogP contribution in [0, 0.1) is 47.3 Å². The van der Waals surface area contributed by atoms with E-state index in [1.807, 2.05) is 171 Å². The summed E-state index contributed by atoms with van der Waals surface area (Å²) in [5, 5.41) is 0. The number of nitrogens with two attached hydrogens (primary N) is 6. The van der Waals surface area contributed by atoms with E-state index in [0.717, 1.165) is 32.7 Å². The standard InChI is InChI=1S/C16H24N2O2.C14H27NO3.2C11H21NO3.C8H15NO3.C8H17NO2.C7H15NO2.C7H14O2.C5H11NO2.C4H11O5P.C3H9O4P/c1-13(2)20-16(19)15-6-4-5-14(11-15)12-18-9-7-17(3)8-10-18;1-8(2)11(14(17)18-10(5)6)7-12(16)13(15)9(3)4;1-7(2)10(5-9(13)6-12)11(14)15-8(3)4;1-7(2)11(12)9(13)5-6-10(14)15-8(3)4;1-6(2)12-8(11)4-3-7(10)5-9;1-5(2)7(9)8(10)11-6(3)4;1-6(2)10-7(9)5-8(3)4;1-5(2)7(8)9-6(3)4;1-4(2)8-5(7)3-6;1-4(2)8-3-9-10(5,6)7;1-3(2)7-8(4,5)6/h4-6,11,13H,7-10,12H2,1-3H3;8-11,13H,7,15H2,1-6H3;7-8,10H,5-6,12H2,1-4H3;7-8,11H,5-6,12H2,1-4H3;6H,3-5,9H2,1-2H3;5-7H,9H2,1-4H3;6H,5H2,1-4H3;5-6H,1-4H3;4H,3,6H2,1-2H3;4H,3H2,1-2H3,(H2,5,6,7);3H,1-2H3,(H2,4,5,6)/t;11-,13-;10-;11-;;7-;;;;;/m.000.0...../s1. The number of hydrogen-bond acceptors (Lipinski definition) is 36. The highest BCUT2D eigenvalue weighted by atomic mass is 31.2. The molecule has 1 aromatic carbocycles. The van der Waals surface area contributed by atoms with Crippen LogP contribution in [0.5, 0.6) is 0 Å². The van der Waals surface area contributed by atoms with Crippen LogP contribution < -0.4 is 34.4 Å². The molecule has 0 spiro atoms. The minimum absolute atomic E-state index is 0.00500. The van der Waals surface area contributed by atoms with Crippen LogP contribution in [0.4, 0.5) is 0 Å². The third kappa shape index (κ3) is 101. The second-order valence-electron chi connectivity index (χ2n) is 36.9. The molecule has 40 nitrogen and oxygen atoms in total. The minimum Gasteiger partial charge on any atom is -0.463 e. The molecule has 5 atom stereocenters. The summed E-state index contributed by atoms with van der Waals surface area (Å²) in [5.74, 6) is -3.11. The van der Waals surface area contributed by atoms with Crippen molar-refractivity contribution in [2.45, 2.75) is 366 Å². The van der Waals surface area contributed by atoms with E-state index in [4.69, 9.17) is 96.6 Å². The molecule has 1 aliphatic heterocycles. The third-order valence-corrected chi connectivity index (χ3v) is 17.5. The normalized spacial score (nSPS) is 13.1. The molecule has 136 heavy (non-hydrogen) atoms. The number of phosphoric ester groups is 2. The summed E-state index contributed by atoms with van der Waals surface area (Å²) in [6, 6.07) is 6.31. The number of rotatable bonds is 44. The van der Waals surface area contributed by atoms with E-state index in [9.17, 15) is 71.5 Å². The molecular weight excluding hydrogens is 1810 g/mol. The number of likely N-dealkylation sites (N-methyl/N-ethyl adjacent to an activating group) is 2. The molecular formula is C94H185N9O31P2. The van der Waals surface area contributed by atoms with Crippen molar-refractivity contribution in [1.82, 2.24) is 14.7 Å². The van der Waals surface area contributed by atoms with Crippen molar-refractivity contribution in [2.24, 2.45) is 81.7 Å². The highest BCUT2D eigenvalue weighted by molar-refractivity contribution is 7.46. The number of carbonyl (C=O) groups excluding carboxylic acids is 13. The van der Waals surface area contributed by atoms with Crippen LogP contribution in [0.25, 0.3) is 0 Å². The Bertz CT molecular complexity index is 3490. The number of Topliss-reactive ketones (excluding diaryl/α,β-unsaturated/α-hetero) is 4. The summed E-state index contributed by atoms with van der Waals surface area (Å²) in [6.45, 7) is 67.0. The molecule has 0 unspecified atom stereocenters. The van der Waals surface area contributed by atoms with Gasteiger partial charge in [-0.3, -0.25) is 76.4 Å². The molecule has 0 radical (unpaired) electrons. The summed E-state index contributed by atoms with van der Waals surface area (Å²) in [5.41, 5.74) is 34.0. The fourth-order valence-electron chi connectivity index (χ4n) is 9.30. The number of piperazine rings is 1. The molecule has 0 aromatic heterocycles. The molecule has 16 N–H and O–H groups in total. The highest BCUT2D eigenvalue weighted by Crippen LogP contribution is 2.37. The van der Waals surface area contributed by atoms with Gasteiger partial charge in [0.25, 0.3) is 0 Å². The Hall–Kier alpha value is -7.05. The van der Waals surface area contributed by atoms with Gasteiger partial charge in [0.05, 0.1) is 142 Å². The topological polar surface area (TPSA) is 614 Å². The van der Waals surface area contributed by atoms with E-state index in [2.05, 4.69) is 36.7 Å². The van der Waals surface area contributed by atoms with Crippen LogP contribution >= 0.6 is 15.6 Å². The van der Waals surface area contributed by atoms with Gasteiger partial charge < -0.3 is 106 Å². The zero-order valence-corrected chi connectivity index (χ0v) is 91.1. The molecule has 802 valence electrons.